The first-order valence-electron chi connectivity index (χ1n) is 13.6. The summed E-state index contributed by atoms with van der Waals surface area (Å²) in [6.07, 6.45) is -0.0957. The van der Waals surface area contributed by atoms with Crippen molar-refractivity contribution in [3.8, 4) is 11.5 Å². The summed E-state index contributed by atoms with van der Waals surface area (Å²) in [5.41, 5.74) is 2.59. The van der Waals surface area contributed by atoms with Crippen molar-refractivity contribution in [2.45, 2.75) is 32.1 Å². The minimum Gasteiger partial charge on any atom is -0.462 e. The molecule has 0 saturated carbocycles. The number of aliphatic imine (C=N–C) groups is 1. The van der Waals surface area contributed by atoms with Gasteiger partial charge in [0.15, 0.2) is 16.7 Å². The Morgan fingerprint density at radius 1 is 0.907 bits per heavy atom. The van der Waals surface area contributed by atoms with E-state index in [1.54, 1.807) is 68.4 Å². The van der Waals surface area contributed by atoms with Crippen LogP contribution in [0.15, 0.2) is 71.7 Å². The second-order valence-electron chi connectivity index (χ2n) is 9.43. The first-order chi connectivity index (χ1) is 20.8. The average Bonchev–Trinajstić information content (AvgIpc) is 3.58. The topological polar surface area (TPSA) is 133 Å². The molecule has 1 fully saturated rings. The Morgan fingerprint density at radius 2 is 1.53 bits per heavy atom. The van der Waals surface area contributed by atoms with Crippen molar-refractivity contribution in [3.05, 3.63) is 83.4 Å². The zero-order chi connectivity index (χ0) is 30.3. The summed E-state index contributed by atoms with van der Waals surface area (Å²) in [5, 5.41) is 2.49. The van der Waals surface area contributed by atoms with E-state index in [2.05, 4.69) is 10.3 Å². The number of benzene rings is 3. The van der Waals surface area contributed by atoms with Crippen molar-refractivity contribution in [1.29, 1.82) is 0 Å². The summed E-state index contributed by atoms with van der Waals surface area (Å²) in [5.74, 6) is -0.285. The van der Waals surface area contributed by atoms with Crippen LogP contribution in [0.2, 0.25) is 0 Å². The molecule has 0 bridgehead atoms. The van der Waals surface area contributed by atoms with Crippen LogP contribution in [0.4, 0.5) is 11.4 Å². The maximum Gasteiger partial charge on any atom is 0.338 e. The van der Waals surface area contributed by atoms with Gasteiger partial charge in [-0.05, 0) is 80.1 Å². The summed E-state index contributed by atoms with van der Waals surface area (Å²) >= 11 is 1.19. The van der Waals surface area contributed by atoms with E-state index >= 15 is 0 Å². The number of rotatable bonds is 10. The maximum atomic E-state index is 13.6. The number of nitrogens with zero attached hydrogens (tertiary/aromatic N) is 2. The van der Waals surface area contributed by atoms with E-state index in [-0.39, 0.29) is 44.8 Å². The van der Waals surface area contributed by atoms with Gasteiger partial charge >= 0.3 is 11.9 Å². The monoisotopic (exact) mass is 603 g/mol. The van der Waals surface area contributed by atoms with Crippen LogP contribution in [0.3, 0.4) is 0 Å². The molecule has 1 atom stereocenters. The zero-order valence-electron chi connectivity index (χ0n) is 23.5. The molecule has 1 unspecified atom stereocenters. The molecule has 1 N–H and O–H groups in total. The normalized spacial score (nSPS) is 16.3. The van der Waals surface area contributed by atoms with Gasteiger partial charge in [-0.15, -0.1) is 0 Å². The maximum absolute atomic E-state index is 13.6. The lowest BCUT2D eigenvalue weighted by Crippen LogP contribution is -2.33. The highest BCUT2D eigenvalue weighted by Gasteiger charge is 2.39. The second kappa shape index (κ2) is 13.4. The van der Waals surface area contributed by atoms with Gasteiger partial charge in [0.25, 0.3) is 0 Å². The summed E-state index contributed by atoms with van der Waals surface area (Å²) in [4.78, 5) is 56.7. The third-order valence-electron chi connectivity index (χ3n) is 6.45. The molecule has 5 rings (SSSR count). The number of amides is 2. The van der Waals surface area contributed by atoms with Gasteiger partial charge in [0.05, 0.1) is 36.6 Å². The Balaban J connectivity index is 1.32. The third kappa shape index (κ3) is 7.15. The lowest BCUT2D eigenvalue weighted by Gasteiger charge is -2.17. The molecule has 0 aliphatic carbocycles. The molecule has 2 aliphatic heterocycles. The van der Waals surface area contributed by atoms with Gasteiger partial charge in [-0.3, -0.25) is 14.5 Å². The van der Waals surface area contributed by atoms with Gasteiger partial charge in [0, 0.05) is 12.1 Å². The molecule has 0 aromatic heterocycles. The van der Waals surface area contributed by atoms with Crippen LogP contribution in [0.5, 0.6) is 11.5 Å². The van der Waals surface area contributed by atoms with Crippen molar-refractivity contribution >= 4 is 52.1 Å². The molecule has 2 amide bonds. The molecule has 3 aromatic carbocycles. The van der Waals surface area contributed by atoms with Gasteiger partial charge in [-0.1, -0.05) is 17.8 Å². The molecule has 11 nitrogen and oxygen atoms in total. The Bertz CT molecular complexity index is 1560. The summed E-state index contributed by atoms with van der Waals surface area (Å²) < 4.78 is 20.9. The fourth-order valence-electron chi connectivity index (χ4n) is 4.37. The SMILES string of the molecule is CCOC(=O)c1ccc(N=C2SC(CC(=O)Nc3ccc(C(=O)OCC)cc3)C(=O)N2Cc2ccc3c(c2)OCO3)cc1. The first kappa shape index (κ1) is 29.6. The number of fused-ring (bicyclic) bond motifs is 1. The van der Waals surface area contributed by atoms with Crippen LogP contribution < -0.4 is 14.8 Å². The predicted octanol–water partition coefficient (Wildman–Crippen LogP) is 4.93. The Labute approximate surface area is 252 Å². The highest BCUT2D eigenvalue weighted by Crippen LogP contribution is 2.36. The number of esters is 2. The molecule has 1 saturated heterocycles. The van der Waals surface area contributed by atoms with Crippen LogP contribution in [0, 0.1) is 0 Å². The highest BCUT2D eigenvalue weighted by molar-refractivity contribution is 8.15. The van der Waals surface area contributed by atoms with Crippen LogP contribution in [-0.2, 0) is 25.6 Å². The smallest absolute Gasteiger partial charge is 0.338 e. The first-order valence-corrected chi connectivity index (χ1v) is 14.5. The number of anilines is 1. The van der Waals surface area contributed by atoms with E-state index < -0.39 is 17.2 Å². The van der Waals surface area contributed by atoms with E-state index in [9.17, 15) is 19.2 Å². The van der Waals surface area contributed by atoms with Gasteiger partial charge in [-0.2, -0.15) is 0 Å². The van der Waals surface area contributed by atoms with Gasteiger partial charge in [0.2, 0.25) is 18.6 Å². The second-order valence-corrected chi connectivity index (χ2v) is 10.6. The van der Waals surface area contributed by atoms with Gasteiger partial charge in [0.1, 0.15) is 5.25 Å². The number of ether oxygens (including phenoxy) is 4. The van der Waals surface area contributed by atoms with Crippen LogP contribution in [-0.4, -0.2) is 59.1 Å². The molecule has 12 heteroatoms. The molecule has 0 spiro atoms. The Kier molecular flexibility index (Phi) is 9.26. The molecule has 0 radical (unpaired) electrons. The minimum atomic E-state index is -0.717. The molecule has 222 valence electrons. The Hall–Kier alpha value is -4.84. The summed E-state index contributed by atoms with van der Waals surface area (Å²) in [7, 11) is 0. The number of hydrogen-bond acceptors (Lipinski definition) is 10. The molecule has 2 aliphatic rings. The van der Waals surface area contributed by atoms with Gasteiger partial charge < -0.3 is 24.3 Å². The molecule has 3 aromatic rings. The van der Waals surface area contributed by atoms with Gasteiger partial charge in [-0.25, -0.2) is 14.6 Å². The lowest BCUT2D eigenvalue weighted by molar-refractivity contribution is -0.128. The number of hydrogen-bond donors (Lipinski definition) is 1. The lowest BCUT2D eigenvalue weighted by atomic mass is 10.1. The predicted molar refractivity (Wildman–Crippen MR) is 160 cm³/mol. The number of amidine groups is 1. The van der Waals surface area contributed by atoms with Crippen LogP contribution in [0.1, 0.15) is 46.5 Å². The van der Waals surface area contributed by atoms with E-state index in [0.717, 1.165) is 5.56 Å². The van der Waals surface area contributed by atoms with E-state index in [0.29, 0.717) is 39.2 Å². The minimum absolute atomic E-state index is 0.0957. The standard InChI is InChI=1S/C31H29N3O8S/c1-3-39-29(37)20-6-10-22(11-7-20)32-27(35)16-26-28(36)34(17-19-5-14-24-25(15-19)42-18-41-24)31(43-26)33-23-12-8-21(9-13-23)30(38)40-4-2/h5-15,26H,3-4,16-18H2,1-2H3,(H,32,35). The van der Waals surface area contributed by atoms with Crippen LogP contribution >= 0.6 is 11.8 Å². The van der Waals surface area contributed by atoms with Crippen molar-refractivity contribution < 1.29 is 38.1 Å². The summed E-state index contributed by atoms with van der Waals surface area (Å²) in [6, 6.07) is 18.3. The fourth-order valence-corrected chi connectivity index (χ4v) is 5.53. The number of thioether (sulfide) groups is 1. The van der Waals surface area contributed by atoms with Crippen molar-refractivity contribution in [2.24, 2.45) is 4.99 Å². The van der Waals surface area contributed by atoms with E-state index in [1.165, 1.54) is 16.7 Å². The van der Waals surface area contributed by atoms with Crippen molar-refractivity contribution in [3.63, 3.8) is 0 Å². The molecular formula is C31H29N3O8S. The molecular weight excluding hydrogens is 574 g/mol. The Morgan fingerprint density at radius 3 is 2.19 bits per heavy atom. The van der Waals surface area contributed by atoms with E-state index in [1.807, 2.05) is 12.1 Å². The fraction of sp³-hybridized carbons (Fsp3) is 0.258. The largest absolute Gasteiger partial charge is 0.462 e. The quantitative estimate of drug-likeness (QED) is 0.320. The third-order valence-corrected chi connectivity index (χ3v) is 7.63. The zero-order valence-corrected chi connectivity index (χ0v) is 24.3. The molecule has 2 heterocycles. The average molecular weight is 604 g/mol. The number of carbonyl (C=O) groups is 4. The molecule has 43 heavy (non-hydrogen) atoms. The van der Waals surface area contributed by atoms with Crippen molar-refractivity contribution in [1.82, 2.24) is 4.90 Å². The number of nitrogens with one attached hydrogen (secondary N) is 1. The van der Waals surface area contributed by atoms with Crippen molar-refractivity contribution in [2.75, 3.05) is 25.3 Å². The van der Waals surface area contributed by atoms with E-state index in [4.69, 9.17) is 18.9 Å². The number of carbonyl (C=O) groups excluding carboxylic acids is 4. The summed E-state index contributed by atoms with van der Waals surface area (Å²) in [6.45, 7) is 4.33. The highest BCUT2D eigenvalue weighted by atomic mass is 32.2. The van der Waals surface area contributed by atoms with Crippen LogP contribution in [0.25, 0.3) is 0 Å².